The van der Waals surface area contributed by atoms with Gasteiger partial charge >= 0.3 is 0 Å². The Labute approximate surface area is 190 Å². The standard InChI is InChI=1S/C26H31N5O/c1-30(2)24-10-6-9-23(18-24)28-25-17-21(11-14-27-25)26(32)29-22-12-15-31(16-13-22)19-20-7-4-3-5-8-20/h3-11,14,17-18,22H,12-13,15-16,19H2,1-2H3,(H,27,28)(H,29,32). The van der Waals surface area contributed by atoms with E-state index in [0.29, 0.717) is 11.4 Å². The normalized spacial score (nSPS) is 14.7. The van der Waals surface area contributed by atoms with Gasteiger partial charge in [-0.1, -0.05) is 36.4 Å². The van der Waals surface area contributed by atoms with Gasteiger partial charge < -0.3 is 15.5 Å². The van der Waals surface area contributed by atoms with Crippen molar-refractivity contribution in [3.63, 3.8) is 0 Å². The molecule has 0 unspecified atom stereocenters. The van der Waals surface area contributed by atoms with Crippen LogP contribution >= 0.6 is 0 Å². The second kappa shape index (κ2) is 10.3. The minimum absolute atomic E-state index is 0.0426. The summed E-state index contributed by atoms with van der Waals surface area (Å²) in [5.41, 5.74) is 4.00. The molecule has 1 amide bonds. The molecule has 166 valence electrons. The second-order valence-electron chi connectivity index (χ2n) is 8.51. The topological polar surface area (TPSA) is 60.5 Å². The van der Waals surface area contributed by atoms with Crippen LogP contribution in [0.4, 0.5) is 17.2 Å². The van der Waals surface area contributed by atoms with Crippen molar-refractivity contribution in [1.29, 1.82) is 0 Å². The summed E-state index contributed by atoms with van der Waals surface area (Å²) in [5.74, 6) is 0.616. The monoisotopic (exact) mass is 429 g/mol. The number of carbonyl (C=O) groups is 1. The molecule has 2 N–H and O–H groups in total. The predicted octanol–water partition coefficient (Wildman–Crippen LogP) is 4.29. The Morgan fingerprint density at radius 1 is 1.03 bits per heavy atom. The van der Waals surface area contributed by atoms with E-state index >= 15 is 0 Å². The molecule has 4 rings (SSSR count). The number of amides is 1. The lowest BCUT2D eigenvalue weighted by molar-refractivity contribution is 0.0909. The van der Waals surface area contributed by atoms with Crippen molar-refractivity contribution in [2.75, 3.05) is 37.4 Å². The van der Waals surface area contributed by atoms with Gasteiger partial charge in [-0.05, 0) is 48.7 Å². The fourth-order valence-electron chi connectivity index (χ4n) is 4.00. The quantitative estimate of drug-likeness (QED) is 0.587. The Morgan fingerprint density at radius 3 is 2.56 bits per heavy atom. The Bertz CT molecular complexity index is 1030. The van der Waals surface area contributed by atoms with Crippen molar-refractivity contribution < 1.29 is 4.79 Å². The number of nitrogens with one attached hydrogen (secondary N) is 2. The van der Waals surface area contributed by atoms with Crippen LogP contribution in [0.3, 0.4) is 0 Å². The molecule has 6 nitrogen and oxygen atoms in total. The van der Waals surface area contributed by atoms with Crippen LogP contribution in [-0.2, 0) is 6.54 Å². The number of rotatable bonds is 7. The van der Waals surface area contributed by atoms with Crippen molar-refractivity contribution in [3.05, 3.63) is 84.1 Å². The molecule has 0 spiro atoms. The summed E-state index contributed by atoms with van der Waals surface area (Å²) in [6.45, 7) is 2.95. The van der Waals surface area contributed by atoms with Gasteiger partial charge in [-0.2, -0.15) is 0 Å². The number of hydrogen-bond acceptors (Lipinski definition) is 5. The Morgan fingerprint density at radius 2 is 1.81 bits per heavy atom. The molecule has 2 aromatic carbocycles. The SMILES string of the molecule is CN(C)c1cccc(Nc2cc(C(=O)NC3CCN(Cc4ccccc4)CC3)ccn2)c1. The fourth-order valence-corrected chi connectivity index (χ4v) is 4.00. The van der Waals surface area contributed by atoms with Gasteiger partial charge in [0.25, 0.3) is 5.91 Å². The molecule has 0 aliphatic carbocycles. The first kappa shape index (κ1) is 21.8. The number of carbonyl (C=O) groups excluding carboxylic acids is 1. The van der Waals surface area contributed by atoms with Gasteiger partial charge in [0.05, 0.1) is 0 Å². The van der Waals surface area contributed by atoms with E-state index in [-0.39, 0.29) is 11.9 Å². The first-order valence-electron chi connectivity index (χ1n) is 11.1. The van der Waals surface area contributed by atoms with Crippen LogP contribution < -0.4 is 15.5 Å². The average molecular weight is 430 g/mol. The fraction of sp³-hybridized carbons (Fsp3) is 0.308. The molecule has 0 radical (unpaired) electrons. The van der Waals surface area contributed by atoms with E-state index in [4.69, 9.17) is 0 Å². The van der Waals surface area contributed by atoms with Gasteiger partial charge in [-0.3, -0.25) is 9.69 Å². The summed E-state index contributed by atoms with van der Waals surface area (Å²) < 4.78 is 0. The average Bonchev–Trinajstić information content (AvgIpc) is 2.81. The summed E-state index contributed by atoms with van der Waals surface area (Å²) in [4.78, 5) is 21.7. The number of nitrogens with zero attached hydrogens (tertiary/aromatic N) is 3. The molecule has 1 aliphatic rings. The highest BCUT2D eigenvalue weighted by Crippen LogP contribution is 2.21. The van der Waals surface area contributed by atoms with E-state index in [9.17, 15) is 4.79 Å². The molecule has 32 heavy (non-hydrogen) atoms. The van der Waals surface area contributed by atoms with Crippen LogP contribution in [0.15, 0.2) is 72.9 Å². The number of likely N-dealkylation sites (tertiary alicyclic amines) is 1. The third-order valence-corrected chi connectivity index (χ3v) is 5.83. The number of benzene rings is 2. The van der Waals surface area contributed by atoms with Crippen molar-refractivity contribution in [3.8, 4) is 0 Å². The summed E-state index contributed by atoms with van der Waals surface area (Å²) in [7, 11) is 4.02. The second-order valence-corrected chi connectivity index (χ2v) is 8.51. The number of hydrogen-bond donors (Lipinski definition) is 2. The lowest BCUT2D eigenvalue weighted by Gasteiger charge is -2.32. The Hall–Kier alpha value is -3.38. The third-order valence-electron chi connectivity index (χ3n) is 5.83. The zero-order valence-electron chi connectivity index (χ0n) is 18.8. The first-order valence-corrected chi connectivity index (χ1v) is 11.1. The van der Waals surface area contributed by atoms with Gasteiger partial charge in [-0.15, -0.1) is 0 Å². The van der Waals surface area contributed by atoms with Gasteiger partial charge in [0.15, 0.2) is 0 Å². The summed E-state index contributed by atoms with van der Waals surface area (Å²) in [5, 5.41) is 6.51. The highest BCUT2D eigenvalue weighted by molar-refractivity contribution is 5.95. The van der Waals surface area contributed by atoms with Crippen molar-refractivity contribution >= 4 is 23.1 Å². The van der Waals surface area contributed by atoms with Crippen molar-refractivity contribution in [2.24, 2.45) is 0 Å². The van der Waals surface area contributed by atoms with Crippen molar-refractivity contribution in [2.45, 2.75) is 25.4 Å². The highest BCUT2D eigenvalue weighted by atomic mass is 16.1. The van der Waals surface area contributed by atoms with Crippen LogP contribution in [0, 0.1) is 0 Å². The molecular weight excluding hydrogens is 398 g/mol. The Balaban J connectivity index is 1.31. The smallest absolute Gasteiger partial charge is 0.251 e. The van der Waals surface area contributed by atoms with E-state index in [1.165, 1.54) is 5.56 Å². The van der Waals surface area contributed by atoms with Crippen LogP contribution in [0.5, 0.6) is 0 Å². The van der Waals surface area contributed by atoms with E-state index in [1.54, 1.807) is 12.3 Å². The lowest BCUT2D eigenvalue weighted by atomic mass is 10.0. The molecular formula is C26H31N5O. The summed E-state index contributed by atoms with van der Waals surface area (Å²) in [6.07, 6.45) is 3.60. The minimum Gasteiger partial charge on any atom is -0.378 e. The summed E-state index contributed by atoms with van der Waals surface area (Å²) in [6, 6.07) is 22.4. The molecule has 3 aromatic rings. The number of aromatic nitrogens is 1. The molecule has 1 aliphatic heterocycles. The maximum Gasteiger partial charge on any atom is 0.251 e. The lowest BCUT2D eigenvalue weighted by Crippen LogP contribution is -2.44. The molecule has 1 saturated heterocycles. The van der Waals surface area contributed by atoms with Crippen LogP contribution in [0.2, 0.25) is 0 Å². The number of piperidine rings is 1. The minimum atomic E-state index is -0.0426. The van der Waals surface area contributed by atoms with Crippen LogP contribution in [0.1, 0.15) is 28.8 Å². The molecule has 1 aromatic heterocycles. The zero-order valence-corrected chi connectivity index (χ0v) is 18.8. The number of pyridine rings is 1. The largest absolute Gasteiger partial charge is 0.378 e. The first-order chi connectivity index (χ1) is 15.6. The van der Waals surface area contributed by atoms with Gasteiger partial charge in [0, 0.05) is 62.9 Å². The maximum absolute atomic E-state index is 12.8. The maximum atomic E-state index is 12.8. The van der Waals surface area contributed by atoms with Crippen molar-refractivity contribution in [1.82, 2.24) is 15.2 Å². The summed E-state index contributed by atoms with van der Waals surface area (Å²) >= 11 is 0. The van der Waals surface area contributed by atoms with E-state index in [0.717, 1.165) is 43.9 Å². The van der Waals surface area contributed by atoms with Gasteiger partial charge in [0.1, 0.15) is 5.82 Å². The Kier molecular flexibility index (Phi) is 7.02. The van der Waals surface area contributed by atoms with Crippen LogP contribution in [0.25, 0.3) is 0 Å². The molecule has 0 saturated carbocycles. The molecule has 1 fully saturated rings. The molecule has 2 heterocycles. The van der Waals surface area contributed by atoms with Gasteiger partial charge in [-0.25, -0.2) is 4.98 Å². The zero-order chi connectivity index (χ0) is 22.3. The molecule has 0 bridgehead atoms. The molecule has 0 atom stereocenters. The van der Waals surface area contributed by atoms with Gasteiger partial charge in [0.2, 0.25) is 0 Å². The number of anilines is 3. The predicted molar refractivity (Wildman–Crippen MR) is 130 cm³/mol. The third kappa shape index (κ3) is 5.86. The van der Waals surface area contributed by atoms with Crippen LogP contribution in [-0.4, -0.2) is 49.0 Å². The van der Waals surface area contributed by atoms with E-state index in [1.807, 2.05) is 49.3 Å². The molecule has 6 heteroatoms. The highest BCUT2D eigenvalue weighted by Gasteiger charge is 2.21. The van der Waals surface area contributed by atoms with E-state index < -0.39 is 0 Å². The van der Waals surface area contributed by atoms with E-state index in [2.05, 4.69) is 50.8 Å².